The third-order valence-electron chi connectivity index (χ3n) is 7.45. The number of fused-ring (bicyclic) bond motifs is 3. The van der Waals surface area contributed by atoms with Crippen molar-refractivity contribution < 1.29 is 28.6 Å². The van der Waals surface area contributed by atoms with Gasteiger partial charge in [0.05, 0.1) is 32.0 Å². The Hall–Kier alpha value is -4.87. The molecule has 0 saturated heterocycles. The maximum atomic E-state index is 13.2. The van der Waals surface area contributed by atoms with Crippen LogP contribution in [0.3, 0.4) is 0 Å². The number of anilines is 3. The number of nitrogens with zero attached hydrogens (tertiary/aromatic N) is 2. The molecule has 0 atom stereocenters. The fourth-order valence-corrected chi connectivity index (χ4v) is 5.36. The maximum Gasteiger partial charge on any atom is 0.407 e. The van der Waals surface area contributed by atoms with Crippen LogP contribution in [0.15, 0.2) is 42.6 Å². The van der Waals surface area contributed by atoms with E-state index in [1.807, 2.05) is 26.8 Å². The summed E-state index contributed by atoms with van der Waals surface area (Å²) in [6.07, 6.45) is 4.24. The Kier molecular flexibility index (Phi) is 8.88. The van der Waals surface area contributed by atoms with E-state index in [2.05, 4.69) is 26.3 Å². The predicted octanol–water partition coefficient (Wildman–Crippen LogP) is 4.96. The summed E-state index contributed by atoms with van der Waals surface area (Å²) in [4.78, 5) is 47.2. The van der Waals surface area contributed by atoms with E-state index in [0.717, 1.165) is 25.7 Å². The highest BCUT2D eigenvalue weighted by atomic mass is 16.6. The Bertz CT molecular complexity index is 1560. The first-order valence-corrected chi connectivity index (χ1v) is 14.6. The standard InChI is InChI=1S/C32H38N6O6/c1-32(2,3)44-31(41)36-21-9-7-20(8-10-21)34-29(40)18-6-12-23-24(14-18)37-27(39)15-19-17-33-30(38-28(19)23)35-22-11-13-25(42-4)26(16-22)43-5/h6,11-14,16-17,20-21H,7-10,15H2,1-5H3,(H,34,40)(H,36,41)(H,37,39)(H,33,35,38). The van der Waals surface area contributed by atoms with E-state index in [1.165, 1.54) is 0 Å². The van der Waals surface area contributed by atoms with Gasteiger partial charge >= 0.3 is 6.09 Å². The molecule has 0 unspecified atom stereocenters. The largest absolute Gasteiger partial charge is 0.493 e. The topological polar surface area (TPSA) is 153 Å². The van der Waals surface area contributed by atoms with Crippen molar-refractivity contribution in [2.24, 2.45) is 0 Å². The quantitative estimate of drug-likeness (QED) is 0.294. The van der Waals surface area contributed by atoms with Gasteiger partial charge in [0, 0.05) is 46.7 Å². The lowest BCUT2D eigenvalue weighted by Gasteiger charge is -2.30. The summed E-state index contributed by atoms with van der Waals surface area (Å²) in [6, 6.07) is 10.6. The number of hydrogen-bond acceptors (Lipinski definition) is 9. The fourth-order valence-electron chi connectivity index (χ4n) is 5.36. The molecular formula is C32H38N6O6. The molecule has 232 valence electrons. The van der Waals surface area contributed by atoms with E-state index in [1.54, 1.807) is 50.7 Å². The van der Waals surface area contributed by atoms with Crippen molar-refractivity contribution in [3.63, 3.8) is 0 Å². The molecule has 1 fully saturated rings. The number of hydrogen-bond donors (Lipinski definition) is 4. The number of nitrogens with one attached hydrogen (secondary N) is 4. The minimum absolute atomic E-state index is 0.00824. The minimum atomic E-state index is -0.553. The molecule has 1 aliphatic heterocycles. The summed E-state index contributed by atoms with van der Waals surface area (Å²) in [5.41, 5.74) is 3.04. The molecule has 0 radical (unpaired) electrons. The Balaban J connectivity index is 1.27. The van der Waals surface area contributed by atoms with Crippen molar-refractivity contribution in [2.45, 2.75) is 70.6 Å². The number of alkyl carbamates (subject to hydrolysis) is 1. The zero-order valence-corrected chi connectivity index (χ0v) is 25.6. The molecular weight excluding hydrogens is 564 g/mol. The molecule has 2 aromatic carbocycles. The number of amides is 3. The Labute approximate surface area is 256 Å². The van der Waals surface area contributed by atoms with Crippen LogP contribution in [0.4, 0.5) is 22.1 Å². The number of carbonyl (C=O) groups excluding carboxylic acids is 3. The molecule has 44 heavy (non-hydrogen) atoms. The number of ether oxygens (including phenoxy) is 3. The smallest absolute Gasteiger partial charge is 0.407 e. The van der Waals surface area contributed by atoms with Crippen LogP contribution >= 0.6 is 0 Å². The van der Waals surface area contributed by atoms with Crippen LogP contribution in [0.5, 0.6) is 11.5 Å². The molecule has 1 aromatic heterocycles. The molecule has 12 heteroatoms. The summed E-state index contributed by atoms with van der Waals surface area (Å²) in [6.45, 7) is 5.49. The highest BCUT2D eigenvalue weighted by molar-refractivity contribution is 6.03. The second-order valence-electron chi connectivity index (χ2n) is 11.9. The number of rotatable bonds is 7. The van der Waals surface area contributed by atoms with Gasteiger partial charge < -0.3 is 35.5 Å². The van der Waals surface area contributed by atoms with E-state index >= 15 is 0 Å². The molecule has 4 N–H and O–H groups in total. The van der Waals surface area contributed by atoms with E-state index < -0.39 is 11.7 Å². The van der Waals surface area contributed by atoms with Gasteiger partial charge in [0.15, 0.2) is 11.5 Å². The molecule has 12 nitrogen and oxygen atoms in total. The Morgan fingerprint density at radius 3 is 2.32 bits per heavy atom. The van der Waals surface area contributed by atoms with Crippen LogP contribution in [0, 0.1) is 0 Å². The second kappa shape index (κ2) is 12.8. The number of benzene rings is 2. The van der Waals surface area contributed by atoms with Gasteiger partial charge in [-0.05, 0) is 76.8 Å². The zero-order valence-electron chi connectivity index (χ0n) is 25.6. The van der Waals surface area contributed by atoms with Gasteiger partial charge in [0.1, 0.15) is 5.60 Å². The highest BCUT2D eigenvalue weighted by Gasteiger charge is 2.27. The minimum Gasteiger partial charge on any atom is -0.493 e. The van der Waals surface area contributed by atoms with Crippen LogP contribution < -0.4 is 30.7 Å². The highest BCUT2D eigenvalue weighted by Crippen LogP contribution is 2.35. The first-order valence-electron chi connectivity index (χ1n) is 14.6. The van der Waals surface area contributed by atoms with Gasteiger partial charge in [0.2, 0.25) is 11.9 Å². The van der Waals surface area contributed by atoms with Gasteiger partial charge in [-0.3, -0.25) is 9.59 Å². The summed E-state index contributed by atoms with van der Waals surface area (Å²) >= 11 is 0. The van der Waals surface area contributed by atoms with Gasteiger partial charge in [-0.1, -0.05) is 0 Å². The van der Waals surface area contributed by atoms with E-state index in [-0.39, 0.29) is 30.3 Å². The van der Waals surface area contributed by atoms with Crippen molar-refractivity contribution in [1.29, 1.82) is 0 Å². The molecule has 3 amide bonds. The molecule has 1 saturated carbocycles. The average molecular weight is 603 g/mol. The Morgan fingerprint density at radius 1 is 0.932 bits per heavy atom. The summed E-state index contributed by atoms with van der Waals surface area (Å²) in [5, 5.41) is 12.1. The summed E-state index contributed by atoms with van der Waals surface area (Å²) < 4.78 is 16.0. The van der Waals surface area contributed by atoms with Gasteiger partial charge in [0.25, 0.3) is 5.91 Å². The molecule has 1 aliphatic carbocycles. The Morgan fingerprint density at radius 2 is 1.64 bits per heavy atom. The van der Waals surface area contributed by atoms with Crippen LogP contribution in [0.2, 0.25) is 0 Å². The molecule has 0 bridgehead atoms. The molecule has 5 rings (SSSR count). The molecule has 3 aromatic rings. The van der Waals surface area contributed by atoms with Crippen LogP contribution in [-0.2, 0) is 16.0 Å². The fraction of sp³-hybridized carbons (Fsp3) is 0.406. The van der Waals surface area contributed by atoms with E-state index in [9.17, 15) is 14.4 Å². The normalized spacial score (nSPS) is 17.6. The van der Waals surface area contributed by atoms with E-state index in [4.69, 9.17) is 19.2 Å². The van der Waals surface area contributed by atoms with Gasteiger partial charge in [-0.25, -0.2) is 14.8 Å². The lowest BCUT2D eigenvalue weighted by atomic mass is 9.91. The average Bonchev–Trinajstić information content (AvgIpc) is 3.11. The van der Waals surface area contributed by atoms with Crippen molar-refractivity contribution >= 4 is 35.2 Å². The molecule has 2 aliphatic rings. The molecule has 2 heterocycles. The first-order chi connectivity index (χ1) is 21.0. The SMILES string of the molecule is COc1ccc(Nc2ncc3c(n2)-c2ccc(C(=O)NC4CCC(NC(=O)OC(C)(C)C)CC4)cc2NC(=O)C3)cc1OC. The lowest BCUT2D eigenvalue weighted by Crippen LogP contribution is -2.45. The van der Waals surface area contributed by atoms with Crippen molar-refractivity contribution in [1.82, 2.24) is 20.6 Å². The number of carbonyl (C=O) groups is 3. The third kappa shape index (κ3) is 7.36. The van der Waals surface area contributed by atoms with Crippen LogP contribution in [0.1, 0.15) is 62.4 Å². The zero-order chi connectivity index (χ0) is 31.4. The third-order valence-corrected chi connectivity index (χ3v) is 7.45. The maximum absolute atomic E-state index is 13.2. The number of aromatic nitrogens is 2. The first kappa shape index (κ1) is 30.6. The lowest BCUT2D eigenvalue weighted by molar-refractivity contribution is -0.115. The molecule has 0 spiro atoms. The second-order valence-corrected chi connectivity index (χ2v) is 11.9. The summed E-state index contributed by atoms with van der Waals surface area (Å²) in [7, 11) is 3.13. The monoisotopic (exact) mass is 602 g/mol. The summed E-state index contributed by atoms with van der Waals surface area (Å²) in [5.74, 6) is 1.05. The van der Waals surface area contributed by atoms with Crippen LogP contribution in [-0.4, -0.2) is 59.8 Å². The van der Waals surface area contributed by atoms with Crippen LogP contribution in [0.25, 0.3) is 11.3 Å². The van der Waals surface area contributed by atoms with Crippen molar-refractivity contribution in [3.8, 4) is 22.8 Å². The number of methoxy groups -OCH3 is 2. The van der Waals surface area contributed by atoms with Gasteiger partial charge in [-0.2, -0.15) is 0 Å². The predicted molar refractivity (Wildman–Crippen MR) is 166 cm³/mol. The van der Waals surface area contributed by atoms with E-state index in [0.29, 0.717) is 51.2 Å². The van der Waals surface area contributed by atoms with Crippen molar-refractivity contribution in [2.75, 3.05) is 24.9 Å². The van der Waals surface area contributed by atoms with Crippen molar-refractivity contribution in [3.05, 3.63) is 53.7 Å². The van der Waals surface area contributed by atoms with Gasteiger partial charge in [-0.15, -0.1) is 0 Å².